The molecule has 0 fully saturated rings. The van der Waals surface area contributed by atoms with Gasteiger partial charge in [0.05, 0.1) is 0 Å². The molecule has 1 aliphatic heterocycles. The van der Waals surface area contributed by atoms with Gasteiger partial charge in [-0.1, -0.05) is 36.4 Å². The molecule has 0 radical (unpaired) electrons. The van der Waals surface area contributed by atoms with Gasteiger partial charge >= 0.3 is 0 Å². The summed E-state index contributed by atoms with van der Waals surface area (Å²) in [7, 11) is 1.59. The molecule has 6 nitrogen and oxygen atoms in total. The SMILES string of the molecule is CNC(=O)[C@H](C)N(CCc1ccccc1)C(=O)CCc1ccc2c(c1)OCCO2. The van der Waals surface area contributed by atoms with Crippen LogP contribution in [-0.2, 0) is 22.4 Å². The summed E-state index contributed by atoms with van der Waals surface area (Å²) in [6.07, 6.45) is 1.62. The number of hydrogen-bond donors (Lipinski definition) is 1. The maximum absolute atomic E-state index is 13.0. The molecule has 1 heterocycles. The Morgan fingerprint density at radius 1 is 1.00 bits per heavy atom. The molecule has 2 aromatic carbocycles. The first-order valence-corrected chi connectivity index (χ1v) is 10.0. The van der Waals surface area contributed by atoms with Crippen molar-refractivity contribution >= 4 is 11.8 Å². The van der Waals surface area contributed by atoms with Gasteiger partial charge in [0.2, 0.25) is 11.8 Å². The minimum absolute atomic E-state index is 0.0353. The second kappa shape index (κ2) is 9.96. The first kappa shape index (κ1) is 20.7. The van der Waals surface area contributed by atoms with Crippen molar-refractivity contribution in [1.29, 1.82) is 0 Å². The van der Waals surface area contributed by atoms with Crippen LogP contribution < -0.4 is 14.8 Å². The third-order valence-electron chi connectivity index (χ3n) is 5.13. The van der Waals surface area contributed by atoms with Gasteiger partial charge < -0.3 is 19.7 Å². The van der Waals surface area contributed by atoms with Crippen molar-refractivity contribution in [2.24, 2.45) is 0 Å². The molecule has 0 spiro atoms. The summed E-state index contributed by atoms with van der Waals surface area (Å²) in [5, 5.41) is 2.64. The lowest BCUT2D eigenvalue weighted by Gasteiger charge is -2.28. The van der Waals surface area contributed by atoms with Crippen LogP contribution in [0.3, 0.4) is 0 Å². The summed E-state index contributed by atoms with van der Waals surface area (Å²) in [5.41, 5.74) is 2.15. The van der Waals surface area contributed by atoms with Crippen molar-refractivity contribution in [1.82, 2.24) is 10.2 Å². The van der Waals surface area contributed by atoms with Gasteiger partial charge in [0.1, 0.15) is 19.3 Å². The molecule has 0 unspecified atom stereocenters. The monoisotopic (exact) mass is 396 g/mol. The Morgan fingerprint density at radius 3 is 2.45 bits per heavy atom. The summed E-state index contributed by atoms with van der Waals surface area (Å²) in [4.78, 5) is 26.8. The number of ether oxygens (including phenoxy) is 2. The number of carbonyl (C=O) groups excluding carboxylic acids is 2. The number of amides is 2. The van der Waals surface area contributed by atoms with E-state index in [9.17, 15) is 9.59 Å². The molecule has 29 heavy (non-hydrogen) atoms. The lowest BCUT2D eigenvalue weighted by atomic mass is 10.1. The summed E-state index contributed by atoms with van der Waals surface area (Å²) >= 11 is 0. The van der Waals surface area contributed by atoms with Gasteiger partial charge in [-0.15, -0.1) is 0 Å². The van der Waals surface area contributed by atoms with Crippen molar-refractivity contribution in [2.45, 2.75) is 32.2 Å². The lowest BCUT2D eigenvalue weighted by molar-refractivity contribution is -0.139. The number of aryl methyl sites for hydroxylation is 1. The molecular weight excluding hydrogens is 368 g/mol. The Bertz CT molecular complexity index is 838. The van der Waals surface area contributed by atoms with Gasteiger partial charge in [0.25, 0.3) is 0 Å². The van der Waals surface area contributed by atoms with E-state index in [2.05, 4.69) is 5.32 Å². The van der Waals surface area contributed by atoms with Gasteiger partial charge in [-0.25, -0.2) is 0 Å². The number of hydrogen-bond acceptors (Lipinski definition) is 4. The molecule has 154 valence electrons. The van der Waals surface area contributed by atoms with E-state index < -0.39 is 6.04 Å². The Kier molecular flexibility index (Phi) is 7.11. The predicted molar refractivity (Wildman–Crippen MR) is 111 cm³/mol. The molecule has 1 aliphatic rings. The lowest BCUT2D eigenvalue weighted by Crippen LogP contribution is -2.48. The number of fused-ring (bicyclic) bond motifs is 1. The Labute approximate surface area is 171 Å². The average Bonchev–Trinajstić information content (AvgIpc) is 2.77. The first-order chi connectivity index (χ1) is 14.1. The highest BCUT2D eigenvalue weighted by Crippen LogP contribution is 2.31. The number of nitrogens with one attached hydrogen (secondary N) is 1. The molecule has 0 bridgehead atoms. The van der Waals surface area contributed by atoms with E-state index in [1.807, 2.05) is 48.5 Å². The van der Waals surface area contributed by atoms with Gasteiger partial charge in [-0.2, -0.15) is 0 Å². The topological polar surface area (TPSA) is 67.9 Å². The molecule has 0 saturated heterocycles. The van der Waals surface area contributed by atoms with Crippen LogP contribution in [0, 0.1) is 0 Å². The van der Waals surface area contributed by atoms with E-state index in [4.69, 9.17) is 9.47 Å². The normalized spacial score (nSPS) is 13.4. The third kappa shape index (κ3) is 5.50. The molecule has 2 aromatic rings. The second-order valence-corrected chi connectivity index (χ2v) is 7.09. The van der Waals surface area contributed by atoms with Crippen LogP contribution in [0.2, 0.25) is 0 Å². The van der Waals surface area contributed by atoms with E-state index in [0.29, 0.717) is 39.0 Å². The van der Waals surface area contributed by atoms with E-state index in [1.54, 1.807) is 18.9 Å². The van der Waals surface area contributed by atoms with Crippen molar-refractivity contribution in [3.05, 3.63) is 59.7 Å². The first-order valence-electron chi connectivity index (χ1n) is 10.0. The standard InChI is InChI=1S/C23H28N2O4/c1-17(23(27)24-2)25(13-12-18-6-4-3-5-7-18)22(26)11-9-19-8-10-20-21(16-19)29-15-14-28-20/h3-8,10,16-17H,9,11-15H2,1-2H3,(H,24,27)/t17-/m0/s1. The summed E-state index contributed by atoms with van der Waals surface area (Å²) in [6.45, 7) is 3.36. The maximum Gasteiger partial charge on any atom is 0.242 e. The number of likely N-dealkylation sites (N-methyl/N-ethyl adjacent to an activating group) is 1. The summed E-state index contributed by atoms with van der Waals surface area (Å²) in [5.74, 6) is 1.27. The van der Waals surface area contributed by atoms with E-state index >= 15 is 0 Å². The minimum atomic E-state index is -0.517. The van der Waals surface area contributed by atoms with Crippen molar-refractivity contribution in [3.63, 3.8) is 0 Å². The molecule has 6 heteroatoms. The quantitative estimate of drug-likeness (QED) is 0.745. The largest absolute Gasteiger partial charge is 0.486 e. The van der Waals surface area contributed by atoms with Gasteiger partial charge in [0, 0.05) is 20.0 Å². The minimum Gasteiger partial charge on any atom is -0.486 e. The summed E-state index contributed by atoms with van der Waals surface area (Å²) < 4.78 is 11.2. The number of benzene rings is 2. The van der Waals surface area contributed by atoms with Crippen LogP contribution in [0.5, 0.6) is 11.5 Å². The smallest absolute Gasteiger partial charge is 0.242 e. The maximum atomic E-state index is 13.0. The highest BCUT2D eigenvalue weighted by atomic mass is 16.6. The van der Waals surface area contributed by atoms with Crippen LogP contribution in [-0.4, -0.2) is 49.6 Å². The van der Waals surface area contributed by atoms with Gasteiger partial charge in [-0.05, 0) is 43.0 Å². The molecular formula is C23H28N2O4. The van der Waals surface area contributed by atoms with Crippen LogP contribution in [0.25, 0.3) is 0 Å². The second-order valence-electron chi connectivity index (χ2n) is 7.09. The molecule has 0 aliphatic carbocycles. The fourth-order valence-electron chi connectivity index (χ4n) is 3.42. The van der Waals surface area contributed by atoms with Crippen LogP contribution in [0.4, 0.5) is 0 Å². The molecule has 1 atom stereocenters. The summed E-state index contributed by atoms with van der Waals surface area (Å²) in [6, 6.07) is 15.2. The average molecular weight is 396 g/mol. The molecule has 3 rings (SSSR count). The van der Waals surface area contributed by atoms with Crippen molar-refractivity contribution < 1.29 is 19.1 Å². The fraction of sp³-hybridized carbons (Fsp3) is 0.391. The molecule has 1 N–H and O–H groups in total. The number of carbonyl (C=O) groups is 2. The zero-order valence-corrected chi connectivity index (χ0v) is 17.0. The van der Waals surface area contributed by atoms with Crippen molar-refractivity contribution in [2.75, 3.05) is 26.8 Å². The van der Waals surface area contributed by atoms with Crippen LogP contribution in [0.1, 0.15) is 24.5 Å². The van der Waals surface area contributed by atoms with Gasteiger partial charge in [0.15, 0.2) is 11.5 Å². The van der Waals surface area contributed by atoms with E-state index in [0.717, 1.165) is 22.6 Å². The highest BCUT2D eigenvalue weighted by Gasteiger charge is 2.25. The number of nitrogens with zero attached hydrogens (tertiary/aromatic N) is 1. The molecule has 2 amide bonds. The zero-order valence-electron chi connectivity index (χ0n) is 17.0. The van der Waals surface area contributed by atoms with E-state index in [-0.39, 0.29) is 11.8 Å². The van der Waals surface area contributed by atoms with Crippen LogP contribution in [0.15, 0.2) is 48.5 Å². The number of rotatable bonds is 8. The van der Waals surface area contributed by atoms with E-state index in [1.165, 1.54) is 0 Å². The zero-order chi connectivity index (χ0) is 20.6. The Balaban J connectivity index is 1.64. The fourth-order valence-corrected chi connectivity index (χ4v) is 3.42. The third-order valence-corrected chi connectivity index (χ3v) is 5.13. The Hall–Kier alpha value is -3.02. The van der Waals surface area contributed by atoms with Crippen molar-refractivity contribution in [3.8, 4) is 11.5 Å². The van der Waals surface area contributed by atoms with Crippen LogP contribution >= 0.6 is 0 Å². The molecule has 0 saturated carbocycles. The predicted octanol–water partition coefficient (Wildman–Crippen LogP) is 2.60. The van der Waals surface area contributed by atoms with Gasteiger partial charge in [-0.3, -0.25) is 9.59 Å². The molecule has 0 aromatic heterocycles. The highest BCUT2D eigenvalue weighted by molar-refractivity contribution is 5.87. The Morgan fingerprint density at radius 2 is 1.72 bits per heavy atom.